The minimum Gasteiger partial charge on any atom is -0.488 e. The van der Waals surface area contributed by atoms with Gasteiger partial charge in [0.15, 0.2) is 0 Å². The van der Waals surface area contributed by atoms with Crippen molar-refractivity contribution < 1.29 is 9.53 Å². The number of fused-ring (bicyclic) bond motifs is 1. The van der Waals surface area contributed by atoms with E-state index in [4.69, 9.17) is 16.3 Å². The molecule has 4 nitrogen and oxygen atoms in total. The van der Waals surface area contributed by atoms with E-state index >= 15 is 0 Å². The lowest BCUT2D eigenvalue weighted by Gasteiger charge is -2.28. The number of amides is 1. The van der Waals surface area contributed by atoms with Crippen LogP contribution in [0.1, 0.15) is 22.1 Å². The third kappa shape index (κ3) is 2.78. The average molecular weight is 315 g/mol. The molecule has 0 radical (unpaired) electrons. The molecule has 3 rings (SSSR count). The first-order chi connectivity index (χ1) is 10.7. The fourth-order valence-corrected chi connectivity index (χ4v) is 2.58. The Hall–Kier alpha value is -2.46. The molecule has 0 unspecified atom stereocenters. The number of rotatable bonds is 4. The van der Waals surface area contributed by atoms with Crippen LogP contribution in [0.3, 0.4) is 0 Å². The highest BCUT2D eigenvalue weighted by Crippen LogP contribution is 2.31. The Morgan fingerprint density at radius 1 is 1.23 bits per heavy atom. The van der Waals surface area contributed by atoms with Crippen LogP contribution in [-0.2, 0) is 0 Å². The number of halogens is 1. The standard InChI is InChI=1S/C17H15ClN2O2/c1-2-9-22-15-8-7-11(10-13(15)18)16-19-14-6-4-3-5-12(14)17(21)20-16/h2-8,10,16,19H,1,9H2,(H,20,21)/t16-/m0/s1. The second kappa shape index (κ2) is 6.12. The van der Waals surface area contributed by atoms with Gasteiger partial charge in [0, 0.05) is 5.69 Å². The van der Waals surface area contributed by atoms with E-state index in [9.17, 15) is 4.79 Å². The molecule has 22 heavy (non-hydrogen) atoms. The van der Waals surface area contributed by atoms with Crippen LogP contribution in [0.5, 0.6) is 5.75 Å². The van der Waals surface area contributed by atoms with E-state index in [0.29, 0.717) is 22.9 Å². The molecule has 2 aromatic carbocycles. The van der Waals surface area contributed by atoms with Crippen molar-refractivity contribution in [3.63, 3.8) is 0 Å². The van der Waals surface area contributed by atoms with E-state index in [1.54, 1.807) is 24.3 Å². The molecular weight excluding hydrogens is 300 g/mol. The number of benzene rings is 2. The summed E-state index contributed by atoms with van der Waals surface area (Å²) in [5, 5.41) is 6.69. The Labute approximate surface area is 133 Å². The number of ether oxygens (including phenoxy) is 1. The predicted octanol–water partition coefficient (Wildman–Crippen LogP) is 3.76. The summed E-state index contributed by atoms with van der Waals surface area (Å²) in [4.78, 5) is 12.1. The molecule has 2 N–H and O–H groups in total. The Bertz CT molecular complexity index is 730. The van der Waals surface area contributed by atoms with Gasteiger partial charge in [-0.2, -0.15) is 0 Å². The van der Waals surface area contributed by atoms with Crippen molar-refractivity contribution in [3.8, 4) is 5.75 Å². The average Bonchev–Trinajstić information content (AvgIpc) is 2.53. The van der Waals surface area contributed by atoms with E-state index in [0.717, 1.165) is 11.3 Å². The summed E-state index contributed by atoms with van der Waals surface area (Å²) in [6.07, 6.45) is 1.33. The molecule has 112 valence electrons. The zero-order chi connectivity index (χ0) is 15.5. The molecule has 1 heterocycles. The zero-order valence-corrected chi connectivity index (χ0v) is 12.6. The van der Waals surface area contributed by atoms with E-state index in [2.05, 4.69) is 17.2 Å². The molecule has 0 aromatic heterocycles. The van der Waals surface area contributed by atoms with Gasteiger partial charge in [0.25, 0.3) is 5.91 Å². The summed E-state index contributed by atoms with van der Waals surface area (Å²) in [6, 6.07) is 12.8. The second-order valence-corrected chi connectivity index (χ2v) is 5.29. The number of hydrogen-bond donors (Lipinski definition) is 2. The predicted molar refractivity (Wildman–Crippen MR) is 87.4 cm³/mol. The van der Waals surface area contributed by atoms with E-state index in [1.165, 1.54) is 0 Å². The number of carbonyl (C=O) groups is 1. The Morgan fingerprint density at radius 3 is 2.82 bits per heavy atom. The van der Waals surface area contributed by atoms with Crippen LogP contribution in [-0.4, -0.2) is 12.5 Å². The van der Waals surface area contributed by atoms with Crippen LogP contribution in [0.4, 0.5) is 5.69 Å². The molecule has 2 aromatic rings. The Morgan fingerprint density at radius 2 is 2.05 bits per heavy atom. The number of carbonyl (C=O) groups excluding carboxylic acids is 1. The summed E-state index contributed by atoms with van der Waals surface area (Å²) >= 11 is 6.22. The van der Waals surface area contributed by atoms with Crippen molar-refractivity contribution >= 4 is 23.2 Å². The van der Waals surface area contributed by atoms with Crippen molar-refractivity contribution in [1.29, 1.82) is 0 Å². The molecule has 0 aliphatic carbocycles. The maximum absolute atomic E-state index is 12.1. The van der Waals surface area contributed by atoms with Crippen LogP contribution in [0, 0.1) is 0 Å². The highest BCUT2D eigenvalue weighted by atomic mass is 35.5. The highest BCUT2D eigenvalue weighted by Gasteiger charge is 2.24. The lowest BCUT2D eigenvalue weighted by atomic mass is 10.1. The number of nitrogens with one attached hydrogen (secondary N) is 2. The molecule has 0 bridgehead atoms. The summed E-state index contributed by atoms with van der Waals surface area (Å²) in [6.45, 7) is 3.99. The number of anilines is 1. The molecule has 0 saturated heterocycles. The quantitative estimate of drug-likeness (QED) is 0.845. The van der Waals surface area contributed by atoms with E-state index in [-0.39, 0.29) is 12.1 Å². The van der Waals surface area contributed by atoms with Crippen molar-refractivity contribution in [2.75, 3.05) is 11.9 Å². The zero-order valence-electron chi connectivity index (χ0n) is 11.8. The van der Waals surface area contributed by atoms with Gasteiger partial charge in [0.05, 0.1) is 10.6 Å². The first-order valence-corrected chi connectivity index (χ1v) is 7.26. The van der Waals surface area contributed by atoms with Crippen molar-refractivity contribution in [3.05, 3.63) is 71.3 Å². The van der Waals surface area contributed by atoms with E-state index in [1.807, 2.05) is 24.3 Å². The Balaban J connectivity index is 1.85. The minimum absolute atomic E-state index is 0.109. The van der Waals surface area contributed by atoms with Gasteiger partial charge in [0.1, 0.15) is 18.5 Å². The highest BCUT2D eigenvalue weighted by molar-refractivity contribution is 6.32. The van der Waals surface area contributed by atoms with Crippen molar-refractivity contribution in [2.24, 2.45) is 0 Å². The lowest BCUT2D eigenvalue weighted by Crippen LogP contribution is -2.38. The maximum Gasteiger partial charge on any atom is 0.255 e. The second-order valence-electron chi connectivity index (χ2n) is 4.89. The topological polar surface area (TPSA) is 50.4 Å². The molecule has 0 fully saturated rings. The molecule has 0 spiro atoms. The third-order valence-corrected chi connectivity index (χ3v) is 3.69. The van der Waals surface area contributed by atoms with Crippen molar-refractivity contribution in [2.45, 2.75) is 6.17 Å². The summed E-state index contributed by atoms with van der Waals surface area (Å²) in [5.41, 5.74) is 2.30. The van der Waals surface area contributed by atoms with Crippen LogP contribution < -0.4 is 15.4 Å². The van der Waals surface area contributed by atoms with Gasteiger partial charge in [-0.15, -0.1) is 0 Å². The maximum atomic E-state index is 12.1. The smallest absolute Gasteiger partial charge is 0.255 e. The first-order valence-electron chi connectivity index (χ1n) is 6.88. The van der Waals surface area contributed by atoms with Crippen molar-refractivity contribution in [1.82, 2.24) is 5.32 Å². The number of para-hydroxylation sites is 1. The summed E-state index contributed by atoms with van der Waals surface area (Å²) < 4.78 is 5.45. The lowest BCUT2D eigenvalue weighted by molar-refractivity contribution is 0.0935. The summed E-state index contributed by atoms with van der Waals surface area (Å²) in [7, 11) is 0. The molecule has 1 aliphatic heterocycles. The van der Waals surface area contributed by atoms with Gasteiger partial charge in [0.2, 0.25) is 0 Å². The van der Waals surface area contributed by atoms with Gasteiger partial charge in [-0.25, -0.2) is 0 Å². The van der Waals surface area contributed by atoms with E-state index < -0.39 is 0 Å². The van der Waals surface area contributed by atoms with Gasteiger partial charge in [-0.1, -0.05) is 42.5 Å². The van der Waals surface area contributed by atoms with Gasteiger partial charge in [-0.3, -0.25) is 4.79 Å². The molecular formula is C17H15ClN2O2. The molecule has 5 heteroatoms. The molecule has 1 aliphatic rings. The first kappa shape index (κ1) is 14.5. The van der Waals surface area contributed by atoms with Crippen LogP contribution >= 0.6 is 11.6 Å². The normalized spacial score (nSPS) is 16.2. The fraction of sp³-hybridized carbons (Fsp3) is 0.118. The molecule has 1 atom stereocenters. The van der Waals surface area contributed by atoms with Crippen LogP contribution in [0.25, 0.3) is 0 Å². The van der Waals surface area contributed by atoms with Crippen LogP contribution in [0.2, 0.25) is 5.02 Å². The fourth-order valence-electron chi connectivity index (χ4n) is 2.34. The monoisotopic (exact) mass is 314 g/mol. The molecule has 1 amide bonds. The minimum atomic E-state index is -0.326. The van der Waals surface area contributed by atoms with Gasteiger partial charge in [-0.05, 0) is 29.8 Å². The Kier molecular flexibility index (Phi) is 4.02. The SMILES string of the molecule is C=CCOc1ccc([C@@H]2NC(=O)c3ccccc3N2)cc1Cl. The van der Waals surface area contributed by atoms with Gasteiger partial charge < -0.3 is 15.4 Å². The summed E-state index contributed by atoms with van der Waals surface area (Å²) in [5.74, 6) is 0.482. The van der Waals surface area contributed by atoms with Crippen LogP contribution in [0.15, 0.2) is 55.1 Å². The van der Waals surface area contributed by atoms with Gasteiger partial charge >= 0.3 is 0 Å². The number of hydrogen-bond acceptors (Lipinski definition) is 3. The molecule has 0 saturated carbocycles. The largest absolute Gasteiger partial charge is 0.488 e. The third-order valence-electron chi connectivity index (χ3n) is 3.39.